The molecule has 0 fully saturated rings. The van der Waals surface area contributed by atoms with Crippen molar-refractivity contribution in [2.45, 2.75) is 40.0 Å². The van der Waals surface area contributed by atoms with Crippen LogP contribution in [0.5, 0.6) is 0 Å². The highest BCUT2D eigenvalue weighted by Gasteiger charge is 2.12. The van der Waals surface area contributed by atoms with E-state index in [0.29, 0.717) is 13.1 Å². The Balaban J connectivity index is 2.78. The van der Waals surface area contributed by atoms with E-state index in [9.17, 15) is 4.79 Å². The van der Waals surface area contributed by atoms with Crippen molar-refractivity contribution in [3.05, 3.63) is 29.3 Å². The molecule has 1 rings (SSSR count). The van der Waals surface area contributed by atoms with Gasteiger partial charge < -0.3 is 15.3 Å². The minimum Gasteiger partial charge on any atom is -0.395 e. The van der Waals surface area contributed by atoms with E-state index >= 15 is 0 Å². The van der Waals surface area contributed by atoms with Crippen LogP contribution in [-0.2, 0) is 12.8 Å². The molecule has 2 amide bonds. The number of urea groups is 1. The molecule has 0 spiro atoms. The maximum atomic E-state index is 12.2. The highest BCUT2D eigenvalue weighted by molar-refractivity contribution is 5.89. The summed E-state index contributed by atoms with van der Waals surface area (Å²) >= 11 is 0. The van der Waals surface area contributed by atoms with Crippen molar-refractivity contribution < 1.29 is 9.90 Å². The summed E-state index contributed by atoms with van der Waals surface area (Å²) in [6, 6.07) is 5.91. The third-order valence-electron chi connectivity index (χ3n) is 3.37. The van der Waals surface area contributed by atoms with Gasteiger partial charge in [-0.25, -0.2) is 4.79 Å². The van der Waals surface area contributed by atoms with Crippen molar-refractivity contribution in [1.29, 1.82) is 0 Å². The Bertz CT molecular complexity index is 426. The number of aryl methyl sites for hydroxylation is 2. The number of carbonyl (C=O) groups excluding carboxylic acids is 1. The maximum absolute atomic E-state index is 12.2. The molecule has 1 aromatic carbocycles. The molecule has 0 aliphatic carbocycles. The van der Waals surface area contributed by atoms with Crippen LogP contribution in [0.15, 0.2) is 18.2 Å². The molecule has 0 aliphatic rings. The van der Waals surface area contributed by atoms with E-state index in [2.05, 4.69) is 25.2 Å². The molecule has 0 saturated heterocycles. The molecule has 0 aliphatic heterocycles. The van der Waals surface area contributed by atoms with Gasteiger partial charge in [0.15, 0.2) is 0 Å². The smallest absolute Gasteiger partial charge is 0.321 e. The summed E-state index contributed by atoms with van der Waals surface area (Å²) in [5.74, 6) is 0. The van der Waals surface area contributed by atoms with E-state index in [0.717, 1.165) is 24.9 Å². The first-order valence-electron chi connectivity index (χ1n) is 7.44. The Morgan fingerprint density at radius 3 is 2.40 bits per heavy atom. The Morgan fingerprint density at radius 1 is 1.15 bits per heavy atom. The lowest BCUT2D eigenvalue weighted by Gasteiger charge is -2.22. The molecule has 4 heteroatoms. The van der Waals surface area contributed by atoms with Gasteiger partial charge in [0.2, 0.25) is 0 Å². The van der Waals surface area contributed by atoms with Gasteiger partial charge in [0.25, 0.3) is 0 Å². The van der Waals surface area contributed by atoms with E-state index in [1.807, 2.05) is 19.1 Å². The number of rotatable bonds is 7. The molecule has 0 atom stereocenters. The standard InChI is InChI=1S/C16H26N2O2/c1-4-9-18(10-11-19)16(20)17-15-8-7-13(5-2)14(6-3)12-15/h7-8,12,19H,4-6,9-11H2,1-3H3,(H,17,20). The van der Waals surface area contributed by atoms with Crippen molar-refractivity contribution in [1.82, 2.24) is 4.90 Å². The summed E-state index contributed by atoms with van der Waals surface area (Å²) in [6.45, 7) is 7.28. The second-order valence-electron chi connectivity index (χ2n) is 4.83. The lowest BCUT2D eigenvalue weighted by molar-refractivity contribution is 0.188. The zero-order chi connectivity index (χ0) is 15.0. The minimum absolute atomic E-state index is 0.0115. The molecule has 0 unspecified atom stereocenters. The van der Waals surface area contributed by atoms with Crippen molar-refractivity contribution in [2.75, 3.05) is 25.0 Å². The number of aliphatic hydroxyl groups excluding tert-OH is 1. The van der Waals surface area contributed by atoms with Gasteiger partial charge in [0.05, 0.1) is 6.61 Å². The second kappa shape index (κ2) is 8.59. The Hall–Kier alpha value is -1.55. The summed E-state index contributed by atoms with van der Waals surface area (Å²) in [5.41, 5.74) is 3.42. The first kappa shape index (κ1) is 16.5. The summed E-state index contributed by atoms with van der Waals surface area (Å²) in [4.78, 5) is 13.8. The van der Waals surface area contributed by atoms with Gasteiger partial charge in [0, 0.05) is 18.8 Å². The fourth-order valence-electron chi connectivity index (χ4n) is 2.29. The molecular weight excluding hydrogens is 252 g/mol. The summed E-state index contributed by atoms with van der Waals surface area (Å²) in [6.07, 6.45) is 2.84. The number of anilines is 1. The van der Waals surface area contributed by atoms with E-state index in [-0.39, 0.29) is 12.6 Å². The predicted molar refractivity (Wildman–Crippen MR) is 83.2 cm³/mol. The van der Waals surface area contributed by atoms with Gasteiger partial charge >= 0.3 is 6.03 Å². The zero-order valence-corrected chi connectivity index (χ0v) is 12.8. The number of nitrogens with one attached hydrogen (secondary N) is 1. The van der Waals surface area contributed by atoms with Crippen LogP contribution in [-0.4, -0.2) is 35.7 Å². The molecular formula is C16H26N2O2. The molecule has 0 aromatic heterocycles. The highest BCUT2D eigenvalue weighted by atomic mass is 16.3. The highest BCUT2D eigenvalue weighted by Crippen LogP contribution is 2.17. The van der Waals surface area contributed by atoms with E-state index in [1.165, 1.54) is 11.1 Å². The van der Waals surface area contributed by atoms with Crippen LogP contribution < -0.4 is 5.32 Å². The number of hydrogen-bond donors (Lipinski definition) is 2. The van der Waals surface area contributed by atoms with E-state index < -0.39 is 0 Å². The van der Waals surface area contributed by atoms with Gasteiger partial charge in [-0.3, -0.25) is 0 Å². The monoisotopic (exact) mass is 278 g/mol. The van der Waals surface area contributed by atoms with Crippen LogP contribution in [0.3, 0.4) is 0 Å². The van der Waals surface area contributed by atoms with E-state index in [4.69, 9.17) is 5.11 Å². The van der Waals surface area contributed by atoms with Crippen LogP contribution >= 0.6 is 0 Å². The Kier molecular flexibility index (Phi) is 7.09. The summed E-state index contributed by atoms with van der Waals surface area (Å²) in [5, 5.41) is 11.9. The fraction of sp³-hybridized carbons (Fsp3) is 0.562. The van der Waals surface area contributed by atoms with Crippen LogP contribution in [0, 0.1) is 0 Å². The number of benzene rings is 1. The molecule has 4 nitrogen and oxygen atoms in total. The Morgan fingerprint density at radius 2 is 1.85 bits per heavy atom. The van der Waals surface area contributed by atoms with E-state index in [1.54, 1.807) is 4.90 Å². The zero-order valence-electron chi connectivity index (χ0n) is 12.8. The molecule has 0 bridgehead atoms. The van der Waals surface area contributed by atoms with Gasteiger partial charge in [-0.1, -0.05) is 26.8 Å². The number of carbonyl (C=O) groups is 1. The number of nitrogens with zero attached hydrogens (tertiary/aromatic N) is 1. The molecule has 0 heterocycles. The van der Waals surface area contributed by atoms with Crippen LogP contribution in [0.2, 0.25) is 0 Å². The third kappa shape index (κ3) is 4.53. The number of hydrogen-bond acceptors (Lipinski definition) is 2. The first-order valence-corrected chi connectivity index (χ1v) is 7.44. The molecule has 2 N–H and O–H groups in total. The lowest BCUT2D eigenvalue weighted by Crippen LogP contribution is -2.37. The van der Waals surface area contributed by atoms with Crippen LogP contribution in [0.25, 0.3) is 0 Å². The SMILES string of the molecule is CCCN(CCO)C(=O)Nc1ccc(CC)c(CC)c1. The number of amides is 2. The Labute approximate surface area is 121 Å². The predicted octanol–water partition coefficient (Wildman–Crippen LogP) is 3.05. The first-order chi connectivity index (χ1) is 9.65. The van der Waals surface area contributed by atoms with Crippen molar-refractivity contribution in [2.24, 2.45) is 0 Å². The van der Waals surface area contributed by atoms with Crippen molar-refractivity contribution in [3.63, 3.8) is 0 Å². The average molecular weight is 278 g/mol. The minimum atomic E-state index is -0.146. The van der Waals surface area contributed by atoms with Crippen molar-refractivity contribution in [3.8, 4) is 0 Å². The number of aliphatic hydroxyl groups is 1. The van der Waals surface area contributed by atoms with Crippen molar-refractivity contribution >= 4 is 11.7 Å². The summed E-state index contributed by atoms with van der Waals surface area (Å²) < 4.78 is 0. The van der Waals surface area contributed by atoms with Gasteiger partial charge in [0.1, 0.15) is 0 Å². The molecule has 0 saturated carbocycles. The fourth-order valence-corrected chi connectivity index (χ4v) is 2.29. The molecule has 112 valence electrons. The van der Waals surface area contributed by atoms with Gasteiger partial charge in [-0.15, -0.1) is 0 Å². The molecule has 1 aromatic rings. The maximum Gasteiger partial charge on any atom is 0.321 e. The summed E-state index contributed by atoms with van der Waals surface area (Å²) in [7, 11) is 0. The van der Waals surface area contributed by atoms with Gasteiger partial charge in [-0.05, 0) is 42.5 Å². The largest absolute Gasteiger partial charge is 0.395 e. The second-order valence-corrected chi connectivity index (χ2v) is 4.83. The quantitative estimate of drug-likeness (QED) is 0.805. The third-order valence-corrected chi connectivity index (χ3v) is 3.37. The molecule has 0 radical (unpaired) electrons. The normalized spacial score (nSPS) is 10.4. The molecule has 20 heavy (non-hydrogen) atoms. The van der Waals surface area contributed by atoms with Crippen LogP contribution in [0.1, 0.15) is 38.3 Å². The van der Waals surface area contributed by atoms with Gasteiger partial charge in [-0.2, -0.15) is 0 Å². The average Bonchev–Trinajstić information content (AvgIpc) is 2.46. The lowest BCUT2D eigenvalue weighted by atomic mass is 10.0. The van der Waals surface area contributed by atoms with Crippen LogP contribution in [0.4, 0.5) is 10.5 Å². The topological polar surface area (TPSA) is 52.6 Å².